The molecule has 1 fully saturated rings. The molecular formula is C23H24N4O2. The van der Waals surface area contributed by atoms with Gasteiger partial charge < -0.3 is 19.9 Å². The van der Waals surface area contributed by atoms with Gasteiger partial charge >= 0.3 is 0 Å². The summed E-state index contributed by atoms with van der Waals surface area (Å²) in [6, 6.07) is 18.8. The Morgan fingerprint density at radius 2 is 1.69 bits per heavy atom. The number of nitrogens with zero attached hydrogens (tertiary/aromatic N) is 3. The number of carbonyl (C=O) groups is 1. The molecule has 6 heteroatoms. The highest BCUT2D eigenvalue weighted by Gasteiger charge is 2.17. The molecule has 1 aliphatic rings. The number of para-hydroxylation sites is 3. The third kappa shape index (κ3) is 4.73. The number of ether oxygens (including phenoxy) is 1. The van der Waals surface area contributed by atoms with Crippen molar-refractivity contribution in [2.24, 2.45) is 0 Å². The van der Waals surface area contributed by atoms with Crippen LogP contribution >= 0.6 is 0 Å². The first kappa shape index (κ1) is 19.0. The Bertz CT molecular complexity index is 969. The molecule has 2 heterocycles. The van der Waals surface area contributed by atoms with Crippen LogP contribution in [0.4, 0.5) is 11.4 Å². The highest BCUT2D eigenvalue weighted by Crippen LogP contribution is 2.29. The predicted octanol–water partition coefficient (Wildman–Crippen LogP) is 3.88. The van der Waals surface area contributed by atoms with Gasteiger partial charge in [0.25, 0.3) is 5.91 Å². The molecule has 1 aromatic heterocycles. The summed E-state index contributed by atoms with van der Waals surface area (Å²) in [5.41, 5.74) is 2.11. The second-order valence-electron chi connectivity index (χ2n) is 7.09. The number of amides is 1. The molecule has 1 aliphatic heterocycles. The van der Waals surface area contributed by atoms with Gasteiger partial charge in [0.05, 0.1) is 23.1 Å². The van der Waals surface area contributed by atoms with Crippen LogP contribution in [0.2, 0.25) is 0 Å². The van der Waals surface area contributed by atoms with E-state index in [1.54, 1.807) is 6.20 Å². The fraction of sp³-hybridized carbons (Fsp3) is 0.217. The van der Waals surface area contributed by atoms with Gasteiger partial charge in [0, 0.05) is 32.4 Å². The highest BCUT2D eigenvalue weighted by atomic mass is 16.5. The summed E-state index contributed by atoms with van der Waals surface area (Å²) in [5, 5.41) is 2.95. The zero-order valence-corrected chi connectivity index (χ0v) is 16.4. The lowest BCUT2D eigenvalue weighted by molar-refractivity contribution is 0.102. The summed E-state index contributed by atoms with van der Waals surface area (Å²) >= 11 is 0. The zero-order valence-electron chi connectivity index (χ0n) is 16.4. The third-order valence-corrected chi connectivity index (χ3v) is 4.96. The van der Waals surface area contributed by atoms with Crippen LogP contribution in [-0.2, 0) is 0 Å². The molecule has 0 saturated carbocycles. The number of benzene rings is 2. The highest BCUT2D eigenvalue weighted by molar-refractivity contribution is 6.05. The van der Waals surface area contributed by atoms with E-state index in [4.69, 9.17) is 4.74 Å². The van der Waals surface area contributed by atoms with Crippen LogP contribution in [0.1, 0.15) is 10.4 Å². The molecule has 2 aromatic carbocycles. The summed E-state index contributed by atoms with van der Waals surface area (Å²) in [7, 11) is 2.12. The number of anilines is 2. The van der Waals surface area contributed by atoms with Crippen molar-refractivity contribution in [3.8, 4) is 11.5 Å². The molecule has 1 amide bonds. The topological polar surface area (TPSA) is 57.7 Å². The van der Waals surface area contributed by atoms with Crippen molar-refractivity contribution < 1.29 is 9.53 Å². The van der Waals surface area contributed by atoms with Gasteiger partial charge in [0.1, 0.15) is 5.75 Å². The number of pyridine rings is 1. The maximum atomic E-state index is 12.9. The largest absolute Gasteiger partial charge is 0.455 e. The molecule has 1 N–H and O–H groups in total. The Labute approximate surface area is 170 Å². The van der Waals surface area contributed by atoms with E-state index >= 15 is 0 Å². The fourth-order valence-electron chi connectivity index (χ4n) is 3.26. The van der Waals surface area contributed by atoms with Gasteiger partial charge in [0.15, 0.2) is 5.75 Å². The predicted molar refractivity (Wildman–Crippen MR) is 115 cm³/mol. The number of piperazine rings is 1. The van der Waals surface area contributed by atoms with Gasteiger partial charge in [-0.05, 0) is 37.4 Å². The van der Waals surface area contributed by atoms with Crippen molar-refractivity contribution in [3.05, 3.63) is 78.6 Å². The lowest BCUT2D eigenvalue weighted by Gasteiger charge is -2.33. The Balaban J connectivity index is 1.49. The van der Waals surface area contributed by atoms with Crippen LogP contribution in [0.5, 0.6) is 11.5 Å². The standard InChI is InChI=1S/C23H24N4O2/c1-26-11-13-27(14-12-26)19-15-18(16-24-17-19)23(28)25-21-9-5-6-10-22(21)29-20-7-3-2-4-8-20/h2-10,15-17H,11-14H2,1H3,(H,25,28). The smallest absolute Gasteiger partial charge is 0.257 e. The molecule has 0 radical (unpaired) electrons. The third-order valence-electron chi connectivity index (χ3n) is 4.96. The SMILES string of the molecule is CN1CCN(c2cncc(C(=O)Nc3ccccc3Oc3ccccc3)c2)CC1. The van der Waals surface area contributed by atoms with Gasteiger partial charge in [0.2, 0.25) is 0 Å². The normalized spacial score (nSPS) is 14.4. The molecule has 4 rings (SSSR count). The number of hydrogen-bond acceptors (Lipinski definition) is 5. The minimum atomic E-state index is -0.211. The van der Waals surface area contributed by atoms with Gasteiger partial charge in [-0.2, -0.15) is 0 Å². The number of likely N-dealkylation sites (N-methyl/N-ethyl adjacent to an activating group) is 1. The number of nitrogens with one attached hydrogen (secondary N) is 1. The van der Waals surface area contributed by atoms with E-state index in [1.807, 2.05) is 66.9 Å². The van der Waals surface area contributed by atoms with E-state index in [1.165, 1.54) is 0 Å². The minimum absolute atomic E-state index is 0.211. The van der Waals surface area contributed by atoms with E-state index in [9.17, 15) is 4.79 Å². The monoisotopic (exact) mass is 388 g/mol. The van der Waals surface area contributed by atoms with Crippen molar-refractivity contribution in [2.75, 3.05) is 43.4 Å². The van der Waals surface area contributed by atoms with Crippen LogP contribution in [0.15, 0.2) is 73.1 Å². The molecular weight excluding hydrogens is 364 g/mol. The van der Waals surface area contributed by atoms with Crippen molar-refractivity contribution >= 4 is 17.3 Å². The summed E-state index contributed by atoms with van der Waals surface area (Å²) in [6.45, 7) is 3.86. The molecule has 0 aliphatic carbocycles. The van der Waals surface area contributed by atoms with Gasteiger partial charge in [-0.15, -0.1) is 0 Å². The van der Waals surface area contributed by atoms with Crippen LogP contribution in [0.3, 0.4) is 0 Å². The number of aromatic nitrogens is 1. The lowest BCUT2D eigenvalue weighted by Crippen LogP contribution is -2.44. The Kier molecular flexibility index (Phi) is 5.72. The molecule has 148 valence electrons. The first-order valence-corrected chi connectivity index (χ1v) is 9.71. The average Bonchev–Trinajstić information content (AvgIpc) is 2.76. The Morgan fingerprint density at radius 3 is 2.48 bits per heavy atom. The molecule has 0 unspecified atom stereocenters. The first-order chi connectivity index (χ1) is 14.2. The molecule has 3 aromatic rings. The maximum Gasteiger partial charge on any atom is 0.257 e. The van der Waals surface area contributed by atoms with Crippen LogP contribution in [-0.4, -0.2) is 49.0 Å². The van der Waals surface area contributed by atoms with Crippen LogP contribution < -0.4 is 15.0 Å². The van der Waals surface area contributed by atoms with Crippen molar-refractivity contribution in [3.63, 3.8) is 0 Å². The molecule has 29 heavy (non-hydrogen) atoms. The number of hydrogen-bond donors (Lipinski definition) is 1. The Morgan fingerprint density at radius 1 is 0.966 bits per heavy atom. The minimum Gasteiger partial charge on any atom is -0.455 e. The summed E-state index contributed by atoms with van der Waals surface area (Å²) < 4.78 is 5.93. The van der Waals surface area contributed by atoms with E-state index in [0.29, 0.717) is 22.7 Å². The summed E-state index contributed by atoms with van der Waals surface area (Å²) in [6.07, 6.45) is 3.41. The molecule has 0 spiro atoms. The molecule has 1 saturated heterocycles. The number of rotatable bonds is 5. The summed E-state index contributed by atoms with van der Waals surface area (Å²) in [5.74, 6) is 1.10. The van der Waals surface area contributed by atoms with Gasteiger partial charge in [-0.1, -0.05) is 30.3 Å². The quantitative estimate of drug-likeness (QED) is 0.719. The van der Waals surface area contributed by atoms with E-state index < -0.39 is 0 Å². The summed E-state index contributed by atoms with van der Waals surface area (Å²) in [4.78, 5) is 21.7. The second-order valence-corrected chi connectivity index (χ2v) is 7.09. The van der Waals surface area contributed by atoms with Crippen molar-refractivity contribution in [2.45, 2.75) is 0 Å². The van der Waals surface area contributed by atoms with Gasteiger partial charge in [-0.3, -0.25) is 9.78 Å². The molecule has 6 nitrogen and oxygen atoms in total. The first-order valence-electron chi connectivity index (χ1n) is 9.71. The fourth-order valence-corrected chi connectivity index (χ4v) is 3.26. The zero-order chi connectivity index (χ0) is 20.1. The number of carbonyl (C=O) groups excluding carboxylic acids is 1. The molecule has 0 bridgehead atoms. The average molecular weight is 388 g/mol. The van der Waals surface area contributed by atoms with E-state index in [2.05, 4.69) is 27.1 Å². The van der Waals surface area contributed by atoms with E-state index in [0.717, 1.165) is 31.9 Å². The van der Waals surface area contributed by atoms with Crippen LogP contribution in [0, 0.1) is 0 Å². The molecule has 0 atom stereocenters. The van der Waals surface area contributed by atoms with Crippen LogP contribution in [0.25, 0.3) is 0 Å². The van der Waals surface area contributed by atoms with E-state index in [-0.39, 0.29) is 5.91 Å². The lowest BCUT2D eigenvalue weighted by atomic mass is 10.2. The second kappa shape index (κ2) is 8.75. The van der Waals surface area contributed by atoms with Gasteiger partial charge in [-0.25, -0.2) is 0 Å². The van der Waals surface area contributed by atoms with Crippen molar-refractivity contribution in [1.29, 1.82) is 0 Å². The Hall–Kier alpha value is -3.38. The van der Waals surface area contributed by atoms with Crippen molar-refractivity contribution in [1.82, 2.24) is 9.88 Å². The maximum absolute atomic E-state index is 12.9.